The number of nitrogens with one attached hydrogen (secondary N) is 1. The molecule has 1 aromatic heterocycles. The fraction of sp³-hybridized carbons (Fsp3) is 0.250. The average molecular weight is 540 g/mol. The van der Waals surface area contributed by atoms with Crippen LogP contribution >= 0.6 is 0 Å². The van der Waals surface area contributed by atoms with Crippen molar-refractivity contribution in [2.75, 3.05) is 25.1 Å². The number of nitrogen functional groups attached to an aromatic ring is 1. The molecule has 3 aromatic carbocycles. The Bertz CT molecular complexity index is 1540. The lowest BCUT2D eigenvalue weighted by molar-refractivity contribution is -0.137. The number of likely N-dealkylation sites (N-methyl/N-ethyl adjacent to an activating group) is 1. The van der Waals surface area contributed by atoms with Gasteiger partial charge in [0, 0.05) is 30.7 Å². The molecule has 0 aliphatic heterocycles. The highest BCUT2D eigenvalue weighted by Crippen LogP contribution is 2.35. The van der Waals surface area contributed by atoms with E-state index < -0.39 is 17.8 Å². The molecule has 4 N–H and O–H groups in total. The van der Waals surface area contributed by atoms with Crippen molar-refractivity contribution in [1.29, 1.82) is 0 Å². The Morgan fingerprint density at radius 1 is 1.08 bits per heavy atom. The molecule has 39 heavy (non-hydrogen) atoms. The number of ether oxygens (including phenoxy) is 1. The molecule has 11 heteroatoms. The third kappa shape index (κ3) is 6.49. The number of rotatable bonds is 7. The van der Waals surface area contributed by atoms with E-state index in [0.29, 0.717) is 45.2 Å². The van der Waals surface area contributed by atoms with Gasteiger partial charge in [-0.05, 0) is 74.0 Å². The Morgan fingerprint density at radius 2 is 1.77 bits per heavy atom. The summed E-state index contributed by atoms with van der Waals surface area (Å²) in [5, 5.41) is 13.9. The molecule has 0 saturated carbocycles. The number of aromatic nitrogens is 2. The van der Waals surface area contributed by atoms with E-state index in [-0.39, 0.29) is 23.8 Å². The van der Waals surface area contributed by atoms with Crippen LogP contribution in [0.1, 0.15) is 35.5 Å². The lowest BCUT2D eigenvalue weighted by Crippen LogP contribution is -2.23. The first-order chi connectivity index (χ1) is 18.3. The fourth-order valence-corrected chi connectivity index (χ4v) is 4.00. The Labute approximate surface area is 223 Å². The van der Waals surface area contributed by atoms with Crippen LogP contribution in [0.25, 0.3) is 10.9 Å². The average Bonchev–Trinajstić information content (AvgIpc) is 2.85. The molecule has 4 rings (SSSR count). The van der Waals surface area contributed by atoms with E-state index in [9.17, 15) is 23.1 Å². The number of nitrogens with zero attached hydrogens (tertiary/aromatic N) is 3. The van der Waals surface area contributed by atoms with Crippen molar-refractivity contribution in [3.05, 3.63) is 77.1 Å². The SMILES string of the molecule is Cc1nc(N[C@H](C)c2cc(N)cc(C(F)(F)F)c2)c2cc(Oc3ccc(O)c(CC(=O)N(C)C)c3)ccc2n1. The number of carbonyl (C=O) groups is 1. The molecule has 0 spiro atoms. The molecular weight excluding hydrogens is 511 g/mol. The van der Waals surface area contributed by atoms with Gasteiger partial charge in [0.2, 0.25) is 5.91 Å². The number of phenolic OH excluding ortho intramolecular Hbond substituents is 1. The maximum absolute atomic E-state index is 13.3. The van der Waals surface area contributed by atoms with Crippen LogP contribution in [0.3, 0.4) is 0 Å². The summed E-state index contributed by atoms with van der Waals surface area (Å²) in [7, 11) is 3.26. The van der Waals surface area contributed by atoms with Crippen LogP contribution < -0.4 is 15.8 Å². The molecule has 0 fully saturated rings. The first kappa shape index (κ1) is 27.5. The minimum Gasteiger partial charge on any atom is -0.508 e. The highest BCUT2D eigenvalue weighted by Gasteiger charge is 2.31. The summed E-state index contributed by atoms with van der Waals surface area (Å²) >= 11 is 0. The third-order valence-electron chi connectivity index (χ3n) is 6.06. The first-order valence-corrected chi connectivity index (χ1v) is 12.0. The lowest BCUT2D eigenvalue weighted by atomic mass is 10.0. The number of hydrogen-bond acceptors (Lipinski definition) is 7. The molecule has 8 nitrogen and oxygen atoms in total. The molecule has 204 valence electrons. The summed E-state index contributed by atoms with van der Waals surface area (Å²) in [6, 6.07) is 12.7. The summed E-state index contributed by atoms with van der Waals surface area (Å²) in [4.78, 5) is 22.5. The molecule has 0 saturated heterocycles. The molecule has 4 aromatic rings. The third-order valence-corrected chi connectivity index (χ3v) is 6.06. The van der Waals surface area contributed by atoms with Crippen molar-refractivity contribution in [2.45, 2.75) is 32.5 Å². The Hall–Kier alpha value is -4.54. The molecule has 0 bridgehead atoms. The molecule has 0 unspecified atom stereocenters. The number of phenols is 1. The van der Waals surface area contributed by atoms with Crippen molar-refractivity contribution in [3.8, 4) is 17.2 Å². The minimum atomic E-state index is -4.53. The quantitative estimate of drug-likeness (QED) is 0.253. The molecule has 1 atom stereocenters. The van der Waals surface area contributed by atoms with E-state index in [4.69, 9.17) is 10.5 Å². The number of hydrogen-bond donors (Lipinski definition) is 3. The number of aromatic hydroxyl groups is 1. The molecular formula is C28H28F3N5O3. The summed E-state index contributed by atoms with van der Waals surface area (Å²) in [6.45, 7) is 3.43. The van der Waals surface area contributed by atoms with Gasteiger partial charge in [0.25, 0.3) is 0 Å². The predicted molar refractivity (Wildman–Crippen MR) is 143 cm³/mol. The van der Waals surface area contributed by atoms with Crippen molar-refractivity contribution in [2.24, 2.45) is 0 Å². The van der Waals surface area contributed by atoms with Gasteiger partial charge < -0.3 is 25.8 Å². The number of alkyl halides is 3. The van der Waals surface area contributed by atoms with E-state index >= 15 is 0 Å². The van der Waals surface area contributed by atoms with Gasteiger partial charge >= 0.3 is 6.18 Å². The van der Waals surface area contributed by atoms with Gasteiger partial charge in [-0.2, -0.15) is 13.2 Å². The van der Waals surface area contributed by atoms with Crippen LogP contribution in [0.15, 0.2) is 54.6 Å². The number of benzene rings is 3. The van der Waals surface area contributed by atoms with E-state index in [1.807, 2.05) is 0 Å². The highest BCUT2D eigenvalue weighted by molar-refractivity contribution is 5.90. The second kappa shape index (κ2) is 10.7. The van der Waals surface area contributed by atoms with Crippen LogP contribution in [-0.4, -0.2) is 40.0 Å². The topological polar surface area (TPSA) is 114 Å². The highest BCUT2D eigenvalue weighted by atomic mass is 19.4. The van der Waals surface area contributed by atoms with E-state index in [2.05, 4.69) is 15.3 Å². The maximum atomic E-state index is 13.3. The number of fused-ring (bicyclic) bond motifs is 1. The van der Waals surface area contributed by atoms with Crippen molar-refractivity contribution in [3.63, 3.8) is 0 Å². The monoisotopic (exact) mass is 539 g/mol. The lowest BCUT2D eigenvalue weighted by Gasteiger charge is -2.19. The van der Waals surface area contributed by atoms with Gasteiger partial charge in [0.05, 0.1) is 23.5 Å². The van der Waals surface area contributed by atoms with Gasteiger partial charge in [-0.1, -0.05) is 0 Å². The Balaban J connectivity index is 1.65. The Kier molecular flexibility index (Phi) is 7.53. The van der Waals surface area contributed by atoms with Crippen LogP contribution in [0.5, 0.6) is 17.2 Å². The zero-order valence-corrected chi connectivity index (χ0v) is 21.8. The van der Waals surface area contributed by atoms with Crippen molar-refractivity contribution < 1.29 is 27.8 Å². The minimum absolute atomic E-state index is 0.00683. The van der Waals surface area contributed by atoms with Gasteiger partial charge in [0.15, 0.2) is 0 Å². The number of halogens is 3. The van der Waals surface area contributed by atoms with Gasteiger partial charge in [-0.15, -0.1) is 0 Å². The van der Waals surface area contributed by atoms with Crippen molar-refractivity contribution >= 4 is 28.3 Å². The smallest absolute Gasteiger partial charge is 0.416 e. The van der Waals surface area contributed by atoms with Gasteiger partial charge in [-0.3, -0.25) is 4.79 Å². The fourth-order valence-electron chi connectivity index (χ4n) is 4.00. The first-order valence-electron chi connectivity index (χ1n) is 12.0. The van der Waals surface area contributed by atoms with Gasteiger partial charge in [-0.25, -0.2) is 9.97 Å². The summed E-state index contributed by atoms with van der Waals surface area (Å²) in [5.74, 6) is 1.54. The second-order valence-electron chi connectivity index (χ2n) is 9.41. The zero-order chi connectivity index (χ0) is 28.5. The number of nitrogens with two attached hydrogens (primary N) is 1. The van der Waals surface area contributed by atoms with Crippen molar-refractivity contribution in [1.82, 2.24) is 14.9 Å². The van der Waals surface area contributed by atoms with E-state index in [1.54, 1.807) is 58.3 Å². The van der Waals surface area contributed by atoms with E-state index in [1.165, 1.54) is 17.0 Å². The molecule has 1 amide bonds. The number of anilines is 2. The number of amides is 1. The molecule has 0 aliphatic rings. The number of carbonyl (C=O) groups excluding carboxylic acids is 1. The number of aryl methyl sites for hydroxylation is 1. The molecule has 1 heterocycles. The van der Waals surface area contributed by atoms with Crippen LogP contribution in [0.4, 0.5) is 24.7 Å². The summed E-state index contributed by atoms with van der Waals surface area (Å²) < 4.78 is 46.0. The predicted octanol–water partition coefficient (Wildman–Crippen LogP) is 5.84. The summed E-state index contributed by atoms with van der Waals surface area (Å²) in [6.07, 6.45) is -4.52. The normalized spacial score (nSPS) is 12.3. The largest absolute Gasteiger partial charge is 0.508 e. The zero-order valence-electron chi connectivity index (χ0n) is 21.8. The van der Waals surface area contributed by atoms with E-state index in [0.717, 1.165) is 12.1 Å². The van der Waals surface area contributed by atoms with Crippen LogP contribution in [0.2, 0.25) is 0 Å². The molecule has 0 aliphatic carbocycles. The van der Waals surface area contributed by atoms with Gasteiger partial charge in [0.1, 0.15) is 28.9 Å². The van der Waals surface area contributed by atoms with Crippen LogP contribution in [0, 0.1) is 6.92 Å². The Morgan fingerprint density at radius 3 is 2.46 bits per heavy atom. The van der Waals surface area contributed by atoms with Crippen LogP contribution in [-0.2, 0) is 17.4 Å². The second-order valence-corrected chi connectivity index (χ2v) is 9.41. The standard InChI is InChI=1S/C28H28F3N5O3/c1-15(17-9-19(28(29,30)31)13-20(32)10-17)33-27-23-14-22(5-7-24(23)34-16(2)35-27)39-21-6-8-25(37)18(11-21)12-26(38)36(3)4/h5-11,13-15,37H,12,32H2,1-4H3,(H,33,34,35)/t15-/m1/s1. The maximum Gasteiger partial charge on any atom is 0.416 e. The summed E-state index contributed by atoms with van der Waals surface area (Å²) in [5.41, 5.74) is 6.31. The molecule has 0 radical (unpaired) electrons.